The van der Waals surface area contributed by atoms with E-state index in [1.807, 2.05) is 19.3 Å². The van der Waals surface area contributed by atoms with Gasteiger partial charge < -0.3 is 9.88 Å². The maximum atomic E-state index is 4.62. The normalized spacial score (nSPS) is 13.4. The minimum atomic E-state index is 0.822. The van der Waals surface area contributed by atoms with Crippen LogP contribution in [0.4, 0.5) is 0 Å². The van der Waals surface area contributed by atoms with Crippen LogP contribution in [0.1, 0.15) is 29.2 Å². The highest BCUT2D eigenvalue weighted by molar-refractivity contribution is 5.35. The van der Waals surface area contributed by atoms with Crippen molar-refractivity contribution in [2.24, 2.45) is 0 Å². The highest BCUT2D eigenvalue weighted by Gasteiger charge is 2.12. The third-order valence-corrected chi connectivity index (χ3v) is 4.39. The predicted octanol–water partition coefficient (Wildman–Crippen LogP) is 2.61. The van der Waals surface area contributed by atoms with Crippen LogP contribution in [0.25, 0.3) is 5.69 Å². The third kappa shape index (κ3) is 2.92. The van der Waals surface area contributed by atoms with E-state index in [-0.39, 0.29) is 0 Å². The van der Waals surface area contributed by atoms with E-state index in [1.54, 1.807) is 0 Å². The molecule has 0 aliphatic carbocycles. The number of benzene rings is 1. The Morgan fingerprint density at radius 3 is 2.78 bits per heavy atom. The fraction of sp³-hybridized carbons (Fsp3) is 0.333. The average molecular weight is 307 g/mol. The number of nitrogens with one attached hydrogen (secondary N) is 1. The van der Waals surface area contributed by atoms with Gasteiger partial charge in [0, 0.05) is 43.4 Å². The molecule has 1 aliphatic rings. The number of hydrogen-bond donors (Lipinski definition) is 1. The Bertz CT molecular complexity index is 776. The maximum Gasteiger partial charge on any atom is 0.110 e. The molecule has 23 heavy (non-hydrogen) atoms. The van der Waals surface area contributed by atoms with Gasteiger partial charge in [0.05, 0.1) is 5.69 Å². The summed E-state index contributed by atoms with van der Waals surface area (Å²) in [6.45, 7) is 4.76. The molecule has 5 nitrogen and oxygen atoms in total. The molecule has 118 valence electrons. The first kappa shape index (κ1) is 14.2. The van der Waals surface area contributed by atoms with Crippen LogP contribution in [0.15, 0.2) is 42.7 Å². The molecule has 0 saturated carbocycles. The Morgan fingerprint density at radius 2 is 2.04 bits per heavy atom. The van der Waals surface area contributed by atoms with Crippen molar-refractivity contribution in [2.75, 3.05) is 0 Å². The van der Waals surface area contributed by atoms with Crippen LogP contribution in [-0.4, -0.2) is 19.3 Å². The van der Waals surface area contributed by atoms with E-state index in [4.69, 9.17) is 0 Å². The van der Waals surface area contributed by atoms with E-state index in [1.165, 1.54) is 24.1 Å². The molecule has 0 spiro atoms. The standard InChI is InChI=1S/C18H21N5/c1-14-20-8-10-22(14)17-6-4-15(5-7-17)12-19-13-16-11-18-3-2-9-23(18)21-16/h4-8,10-11,19H,2-3,9,12-13H2,1H3. The second-order valence-electron chi connectivity index (χ2n) is 6.07. The molecule has 2 aromatic heterocycles. The first-order valence-electron chi connectivity index (χ1n) is 8.15. The van der Waals surface area contributed by atoms with Crippen LogP contribution in [0.5, 0.6) is 0 Å². The fourth-order valence-electron chi connectivity index (χ4n) is 3.17. The molecule has 0 fully saturated rings. The quantitative estimate of drug-likeness (QED) is 0.788. The fourth-order valence-corrected chi connectivity index (χ4v) is 3.17. The Labute approximate surface area is 136 Å². The van der Waals surface area contributed by atoms with Crippen molar-refractivity contribution < 1.29 is 0 Å². The summed E-state index contributed by atoms with van der Waals surface area (Å²) < 4.78 is 4.23. The molecule has 5 heteroatoms. The van der Waals surface area contributed by atoms with Crippen molar-refractivity contribution in [1.82, 2.24) is 24.6 Å². The highest BCUT2D eigenvalue weighted by atomic mass is 15.3. The zero-order chi connectivity index (χ0) is 15.6. The van der Waals surface area contributed by atoms with Gasteiger partial charge in [-0.2, -0.15) is 5.10 Å². The summed E-state index contributed by atoms with van der Waals surface area (Å²) in [5.41, 5.74) is 4.94. The molecule has 3 heterocycles. The van der Waals surface area contributed by atoms with E-state index in [0.717, 1.165) is 36.8 Å². The van der Waals surface area contributed by atoms with E-state index >= 15 is 0 Å². The van der Waals surface area contributed by atoms with E-state index < -0.39 is 0 Å². The smallest absolute Gasteiger partial charge is 0.110 e. The van der Waals surface area contributed by atoms with Gasteiger partial charge in [0.25, 0.3) is 0 Å². The summed E-state index contributed by atoms with van der Waals surface area (Å²) in [6, 6.07) is 10.8. The molecule has 4 rings (SSSR count). The zero-order valence-electron chi connectivity index (χ0n) is 13.4. The molecular formula is C18H21N5. The molecular weight excluding hydrogens is 286 g/mol. The third-order valence-electron chi connectivity index (χ3n) is 4.39. The minimum absolute atomic E-state index is 0.822. The van der Waals surface area contributed by atoms with Gasteiger partial charge in [-0.15, -0.1) is 0 Å². The zero-order valence-corrected chi connectivity index (χ0v) is 13.4. The van der Waals surface area contributed by atoms with Gasteiger partial charge in [-0.1, -0.05) is 12.1 Å². The lowest BCUT2D eigenvalue weighted by molar-refractivity contribution is 0.617. The van der Waals surface area contributed by atoms with Crippen molar-refractivity contribution in [2.45, 2.75) is 39.4 Å². The Balaban J connectivity index is 1.35. The summed E-state index contributed by atoms with van der Waals surface area (Å²) >= 11 is 0. The molecule has 3 aromatic rings. The molecule has 0 atom stereocenters. The van der Waals surface area contributed by atoms with Crippen LogP contribution in [0.3, 0.4) is 0 Å². The average Bonchev–Trinajstić information content (AvgIpc) is 3.24. The van der Waals surface area contributed by atoms with Crippen LogP contribution >= 0.6 is 0 Å². The van der Waals surface area contributed by atoms with Crippen LogP contribution in [-0.2, 0) is 26.1 Å². The Hall–Kier alpha value is -2.40. The summed E-state index contributed by atoms with van der Waals surface area (Å²) in [4.78, 5) is 4.26. The molecule has 0 amide bonds. The van der Waals surface area contributed by atoms with Crippen molar-refractivity contribution in [1.29, 1.82) is 0 Å². The van der Waals surface area contributed by atoms with E-state index in [9.17, 15) is 0 Å². The monoisotopic (exact) mass is 307 g/mol. The largest absolute Gasteiger partial charge is 0.307 e. The molecule has 0 saturated heterocycles. The first-order valence-corrected chi connectivity index (χ1v) is 8.15. The number of fused-ring (bicyclic) bond motifs is 1. The molecule has 1 N–H and O–H groups in total. The summed E-state index contributed by atoms with van der Waals surface area (Å²) in [7, 11) is 0. The predicted molar refractivity (Wildman–Crippen MR) is 89.4 cm³/mol. The van der Waals surface area contributed by atoms with Crippen LogP contribution < -0.4 is 5.32 Å². The van der Waals surface area contributed by atoms with Gasteiger partial charge in [0.15, 0.2) is 0 Å². The molecule has 1 aliphatic heterocycles. The number of nitrogens with zero attached hydrogens (tertiary/aromatic N) is 4. The van der Waals surface area contributed by atoms with Crippen LogP contribution in [0.2, 0.25) is 0 Å². The number of aryl methyl sites for hydroxylation is 3. The van der Waals surface area contributed by atoms with Gasteiger partial charge in [0.2, 0.25) is 0 Å². The molecule has 0 unspecified atom stereocenters. The van der Waals surface area contributed by atoms with E-state index in [2.05, 4.69) is 55.0 Å². The number of aromatic nitrogens is 4. The lowest BCUT2D eigenvalue weighted by Crippen LogP contribution is -2.13. The second kappa shape index (κ2) is 6.01. The molecule has 1 aromatic carbocycles. The topological polar surface area (TPSA) is 47.7 Å². The van der Waals surface area contributed by atoms with Crippen molar-refractivity contribution >= 4 is 0 Å². The number of imidazole rings is 1. The lowest BCUT2D eigenvalue weighted by Gasteiger charge is -2.07. The number of rotatable bonds is 5. The van der Waals surface area contributed by atoms with Gasteiger partial charge in [-0.25, -0.2) is 4.98 Å². The summed E-state index contributed by atoms with van der Waals surface area (Å²) in [5.74, 6) is 1.00. The van der Waals surface area contributed by atoms with Crippen LogP contribution in [0, 0.1) is 6.92 Å². The summed E-state index contributed by atoms with van der Waals surface area (Å²) in [6.07, 6.45) is 6.22. The first-order chi connectivity index (χ1) is 11.3. The highest BCUT2D eigenvalue weighted by Crippen LogP contribution is 2.15. The minimum Gasteiger partial charge on any atom is -0.307 e. The van der Waals surface area contributed by atoms with Crippen molar-refractivity contribution in [3.05, 3.63) is 65.5 Å². The van der Waals surface area contributed by atoms with Crippen molar-refractivity contribution in [3.63, 3.8) is 0 Å². The molecule has 0 bridgehead atoms. The van der Waals surface area contributed by atoms with Gasteiger partial charge in [0.1, 0.15) is 5.82 Å². The number of hydrogen-bond acceptors (Lipinski definition) is 3. The lowest BCUT2D eigenvalue weighted by atomic mass is 10.2. The Kier molecular flexibility index (Phi) is 3.71. The molecule has 0 radical (unpaired) electrons. The van der Waals surface area contributed by atoms with Gasteiger partial charge in [-0.3, -0.25) is 4.68 Å². The van der Waals surface area contributed by atoms with E-state index in [0.29, 0.717) is 0 Å². The van der Waals surface area contributed by atoms with Crippen molar-refractivity contribution in [3.8, 4) is 5.69 Å². The second-order valence-corrected chi connectivity index (χ2v) is 6.07. The SMILES string of the molecule is Cc1nccn1-c1ccc(CNCc2cc3n(n2)CCC3)cc1. The van der Waals surface area contributed by atoms with Gasteiger partial charge >= 0.3 is 0 Å². The van der Waals surface area contributed by atoms with Gasteiger partial charge in [-0.05, 0) is 43.5 Å². The maximum absolute atomic E-state index is 4.62. The summed E-state index contributed by atoms with van der Waals surface area (Å²) in [5, 5.41) is 8.10. The Morgan fingerprint density at radius 1 is 1.17 bits per heavy atom.